The minimum Gasteiger partial charge on any atom is -0.495 e. The highest BCUT2D eigenvalue weighted by molar-refractivity contribution is 6.46. The van der Waals surface area contributed by atoms with Gasteiger partial charge >= 0.3 is 0 Å². The van der Waals surface area contributed by atoms with Crippen molar-refractivity contribution in [1.29, 1.82) is 0 Å². The smallest absolute Gasteiger partial charge is 0.282 e. The zero-order chi connectivity index (χ0) is 21.3. The predicted octanol–water partition coefficient (Wildman–Crippen LogP) is 5.05. The van der Waals surface area contributed by atoms with Crippen molar-refractivity contribution in [3.8, 4) is 5.75 Å². The second-order valence-electron chi connectivity index (χ2n) is 6.88. The van der Waals surface area contributed by atoms with Crippen molar-refractivity contribution in [1.82, 2.24) is 0 Å². The summed E-state index contributed by atoms with van der Waals surface area (Å²) in [6, 6.07) is 21.5. The van der Waals surface area contributed by atoms with Gasteiger partial charge in [-0.25, -0.2) is 4.90 Å². The van der Waals surface area contributed by atoms with E-state index < -0.39 is 5.91 Å². The first kappa shape index (κ1) is 19.7. The third kappa shape index (κ3) is 3.55. The van der Waals surface area contributed by atoms with E-state index in [0.29, 0.717) is 33.3 Å². The van der Waals surface area contributed by atoms with Gasteiger partial charge in [0.1, 0.15) is 11.4 Å². The van der Waals surface area contributed by atoms with E-state index in [1.807, 2.05) is 55.5 Å². The minimum absolute atomic E-state index is 0.203. The maximum absolute atomic E-state index is 13.4. The monoisotopic (exact) mass is 418 g/mol. The van der Waals surface area contributed by atoms with Crippen LogP contribution in [0.25, 0.3) is 5.57 Å². The lowest BCUT2D eigenvalue weighted by Crippen LogP contribution is -2.32. The van der Waals surface area contributed by atoms with Crippen molar-refractivity contribution in [2.45, 2.75) is 6.92 Å². The molecule has 0 unspecified atom stereocenters. The Balaban J connectivity index is 1.80. The molecule has 150 valence electrons. The Bertz CT molecular complexity index is 1170. The summed E-state index contributed by atoms with van der Waals surface area (Å²) in [4.78, 5) is 27.9. The van der Waals surface area contributed by atoms with Crippen LogP contribution < -0.4 is 15.0 Å². The van der Waals surface area contributed by atoms with Crippen LogP contribution >= 0.6 is 11.6 Å². The second kappa shape index (κ2) is 8.05. The lowest BCUT2D eigenvalue weighted by molar-refractivity contribution is -0.120. The number of halogens is 1. The molecule has 1 N–H and O–H groups in total. The first-order valence-corrected chi connectivity index (χ1v) is 9.73. The van der Waals surface area contributed by atoms with Gasteiger partial charge in [0.25, 0.3) is 11.8 Å². The Morgan fingerprint density at radius 3 is 2.33 bits per heavy atom. The predicted molar refractivity (Wildman–Crippen MR) is 119 cm³/mol. The molecular weight excluding hydrogens is 400 g/mol. The van der Waals surface area contributed by atoms with Crippen LogP contribution in [-0.4, -0.2) is 18.9 Å². The molecule has 0 fully saturated rings. The molecule has 1 aliphatic heterocycles. The molecule has 6 heteroatoms. The Morgan fingerprint density at radius 2 is 1.67 bits per heavy atom. The minimum atomic E-state index is -0.420. The number of carbonyl (C=O) groups excluding carboxylic acids is 2. The van der Waals surface area contributed by atoms with Gasteiger partial charge in [0, 0.05) is 5.69 Å². The van der Waals surface area contributed by atoms with Gasteiger partial charge in [-0.3, -0.25) is 9.59 Å². The summed E-state index contributed by atoms with van der Waals surface area (Å²) < 4.78 is 5.18. The van der Waals surface area contributed by atoms with Gasteiger partial charge in [-0.2, -0.15) is 0 Å². The molecular formula is C24H19ClN2O3. The Labute approximate surface area is 179 Å². The summed E-state index contributed by atoms with van der Waals surface area (Å²) in [7, 11) is 1.53. The number of nitrogens with one attached hydrogen (secondary N) is 1. The van der Waals surface area contributed by atoms with Crippen molar-refractivity contribution in [3.05, 3.63) is 94.6 Å². The van der Waals surface area contributed by atoms with Crippen LogP contribution in [0.1, 0.15) is 11.1 Å². The van der Waals surface area contributed by atoms with E-state index in [1.54, 1.807) is 24.3 Å². The van der Waals surface area contributed by atoms with Crippen LogP contribution in [0, 0.1) is 6.92 Å². The molecule has 0 spiro atoms. The molecule has 3 aromatic carbocycles. The SMILES string of the molecule is COc1ccc(NC2=C(c3ccccc3)C(=O)N(c3cccc(C)c3)C2=O)cc1Cl. The summed E-state index contributed by atoms with van der Waals surface area (Å²) in [5.41, 5.74) is 3.24. The summed E-state index contributed by atoms with van der Waals surface area (Å²) in [6.45, 7) is 1.92. The number of benzene rings is 3. The van der Waals surface area contributed by atoms with Crippen LogP contribution in [0.4, 0.5) is 11.4 Å². The topological polar surface area (TPSA) is 58.6 Å². The van der Waals surface area contributed by atoms with Gasteiger partial charge in [0.15, 0.2) is 0 Å². The fraction of sp³-hybridized carbons (Fsp3) is 0.0833. The van der Waals surface area contributed by atoms with Crippen LogP contribution in [0.15, 0.2) is 78.5 Å². The van der Waals surface area contributed by atoms with Crippen molar-refractivity contribution in [3.63, 3.8) is 0 Å². The average Bonchev–Trinajstić information content (AvgIpc) is 2.98. The molecule has 0 atom stereocenters. The molecule has 0 bridgehead atoms. The summed E-state index contributed by atoms with van der Waals surface area (Å²) in [6.07, 6.45) is 0. The standard InChI is InChI=1S/C24H19ClN2O3/c1-15-7-6-10-18(13-15)27-23(28)21(16-8-4-3-5-9-16)22(24(27)29)26-17-11-12-20(30-2)19(25)14-17/h3-14,26H,1-2H3. The number of rotatable bonds is 5. The van der Waals surface area contributed by atoms with Crippen molar-refractivity contribution in [2.75, 3.05) is 17.3 Å². The van der Waals surface area contributed by atoms with E-state index in [9.17, 15) is 9.59 Å². The van der Waals surface area contributed by atoms with Gasteiger partial charge < -0.3 is 10.1 Å². The number of aryl methyl sites for hydroxylation is 1. The number of anilines is 2. The van der Waals surface area contributed by atoms with Crippen molar-refractivity contribution < 1.29 is 14.3 Å². The normalized spacial score (nSPS) is 13.8. The highest BCUT2D eigenvalue weighted by Gasteiger charge is 2.40. The Kier molecular flexibility index (Phi) is 5.29. The van der Waals surface area contributed by atoms with E-state index in [-0.39, 0.29) is 11.6 Å². The Morgan fingerprint density at radius 1 is 0.900 bits per heavy atom. The van der Waals surface area contributed by atoms with Gasteiger partial charge in [-0.15, -0.1) is 0 Å². The van der Waals surface area contributed by atoms with Crippen LogP contribution in [0.5, 0.6) is 5.75 Å². The third-order valence-electron chi connectivity index (χ3n) is 4.83. The van der Waals surface area contributed by atoms with E-state index in [0.717, 1.165) is 5.56 Å². The summed E-state index contributed by atoms with van der Waals surface area (Å²) >= 11 is 6.23. The number of methoxy groups -OCH3 is 1. The van der Waals surface area contributed by atoms with E-state index in [1.165, 1.54) is 12.0 Å². The van der Waals surface area contributed by atoms with Crippen LogP contribution in [0.3, 0.4) is 0 Å². The van der Waals surface area contributed by atoms with Gasteiger partial charge in [-0.05, 0) is 48.4 Å². The molecule has 0 radical (unpaired) electrons. The maximum Gasteiger partial charge on any atom is 0.282 e. The third-order valence-corrected chi connectivity index (χ3v) is 5.12. The quantitative estimate of drug-likeness (QED) is 0.589. The largest absolute Gasteiger partial charge is 0.495 e. The van der Waals surface area contributed by atoms with E-state index in [2.05, 4.69) is 5.32 Å². The lowest BCUT2D eigenvalue weighted by Gasteiger charge is -2.16. The number of hydrogen-bond acceptors (Lipinski definition) is 4. The highest BCUT2D eigenvalue weighted by Crippen LogP contribution is 2.35. The molecule has 3 aromatic rings. The number of nitrogens with zero attached hydrogens (tertiary/aromatic N) is 1. The molecule has 5 nitrogen and oxygen atoms in total. The molecule has 0 aromatic heterocycles. The number of hydrogen-bond donors (Lipinski definition) is 1. The summed E-state index contributed by atoms with van der Waals surface area (Å²) in [5, 5.41) is 3.50. The number of amides is 2. The first-order chi connectivity index (χ1) is 14.5. The highest BCUT2D eigenvalue weighted by atomic mass is 35.5. The first-order valence-electron chi connectivity index (χ1n) is 9.35. The Hall–Kier alpha value is -3.57. The molecule has 1 heterocycles. The average molecular weight is 419 g/mol. The maximum atomic E-state index is 13.4. The zero-order valence-corrected chi connectivity index (χ0v) is 17.2. The van der Waals surface area contributed by atoms with Gasteiger partial charge in [0.05, 0.1) is 23.4 Å². The molecule has 0 aliphatic carbocycles. The fourth-order valence-electron chi connectivity index (χ4n) is 3.41. The van der Waals surface area contributed by atoms with E-state index >= 15 is 0 Å². The number of carbonyl (C=O) groups is 2. The van der Waals surface area contributed by atoms with Crippen LogP contribution in [0.2, 0.25) is 5.02 Å². The molecule has 2 amide bonds. The molecule has 0 saturated carbocycles. The van der Waals surface area contributed by atoms with Gasteiger partial charge in [-0.1, -0.05) is 54.1 Å². The van der Waals surface area contributed by atoms with Crippen LogP contribution in [-0.2, 0) is 9.59 Å². The van der Waals surface area contributed by atoms with E-state index in [4.69, 9.17) is 16.3 Å². The van der Waals surface area contributed by atoms with Crippen molar-refractivity contribution in [2.24, 2.45) is 0 Å². The molecule has 1 aliphatic rings. The zero-order valence-electron chi connectivity index (χ0n) is 16.5. The molecule has 30 heavy (non-hydrogen) atoms. The fourth-order valence-corrected chi connectivity index (χ4v) is 3.67. The van der Waals surface area contributed by atoms with Gasteiger partial charge in [0.2, 0.25) is 0 Å². The lowest BCUT2D eigenvalue weighted by atomic mass is 10.0. The number of ether oxygens (including phenoxy) is 1. The number of imide groups is 1. The van der Waals surface area contributed by atoms with Crippen molar-refractivity contribution >= 4 is 40.4 Å². The second-order valence-corrected chi connectivity index (χ2v) is 7.28. The summed E-state index contributed by atoms with van der Waals surface area (Å²) in [5.74, 6) is -0.273. The molecule has 0 saturated heterocycles. The molecule has 4 rings (SSSR count).